The predicted molar refractivity (Wildman–Crippen MR) is 212 cm³/mol. The second-order valence-corrected chi connectivity index (χ2v) is 13.3. The lowest BCUT2D eigenvalue weighted by Gasteiger charge is -2.24. The molecule has 1 N–H and O–H groups in total. The number of amidine groups is 2. The average molecular weight is 656 g/mol. The van der Waals surface area contributed by atoms with Gasteiger partial charge < -0.3 is 9.73 Å². The maximum atomic E-state index is 6.50. The summed E-state index contributed by atoms with van der Waals surface area (Å²) in [6.45, 7) is 0. The van der Waals surface area contributed by atoms with Gasteiger partial charge in [0.15, 0.2) is 5.84 Å². The van der Waals surface area contributed by atoms with Crippen molar-refractivity contribution in [3.63, 3.8) is 0 Å². The fourth-order valence-electron chi connectivity index (χ4n) is 7.64. The number of hydrogen-bond donors (Lipinski definition) is 1. The van der Waals surface area contributed by atoms with E-state index in [2.05, 4.69) is 139 Å². The number of allylic oxidation sites excluding steroid dienone is 4. The van der Waals surface area contributed by atoms with Crippen molar-refractivity contribution < 1.29 is 4.42 Å². The lowest BCUT2D eigenvalue weighted by atomic mass is 9.92. The molecule has 8 aromatic rings. The summed E-state index contributed by atoms with van der Waals surface area (Å²) in [4.78, 5) is 10.5. The molecule has 1 aliphatic heterocycles. The van der Waals surface area contributed by atoms with Crippen LogP contribution < -0.4 is 5.32 Å². The highest BCUT2D eigenvalue weighted by molar-refractivity contribution is 6.22. The van der Waals surface area contributed by atoms with Crippen LogP contribution in [0.25, 0.3) is 60.2 Å². The molecule has 0 bridgehead atoms. The van der Waals surface area contributed by atoms with E-state index in [4.69, 9.17) is 14.4 Å². The van der Waals surface area contributed by atoms with Crippen LogP contribution in [0.1, 0.15) is 41.3 Å². The van der Waals surface area contributed by atoms with Crippen molar-refractivity contribution in [3.8, 4) is 11.1 Å². The van der Waals surface area contributed by atoms with E-state index in [1.165, 1.54) is 38.2 Å². The van der Waals surface area contributed by atoms with Gasteiger partial charge in [0.2, 0.25) is 0 Å². The van der Waals surface area contributed by atoms with Gasteiger partial charge >= 0.3 is 0 Å². The molecule has 1 aliphatic carbocycles. The van der Waals surface area contributed by atoms with Gasteiger partial charge in [0, 0.05) is 21.9 Å². The van der Waals surface area contributed by atoms with Crippen molar-refractivity contribution in [2.45, 2.75) is 19.0 Å². The Kier molecular flexibility index (Phi) is 6.98. The molecule has 0 radical (unpaired) electrons. The summed E-state index contributed by atoms with van der Waals surface area (Å²) < 4.78 is 6.50. The molecule has 1 unspecified atom stereocenters. The topological polar surface area (TPSA) is 49.9 Å². The molecule has 0 fully saturated rings. The van der Waals surface area contributed by atoms with Gasteiger partial charge in [-0.1, -0.05) is 140 Å². The fourth-order valence-corrected chi connectivity index (χ4v) is 7.64. The molecule has 4 nitrogen and oxygen atoms in total. The van der Waals surface area contributed by atoms with Gasteiger partial charge in [-0.05, 0) is 86.5 Å². The van der Waals surface area contributed by atoms with E-state index < -0.39 is 0 Å². The van der Waals surface area contributed by atoms with Crippen LogP contribution in [0.3, 0.4) is 0 Å². The van der Waals surface area contributed by atoms with E-state index in [1.807, 2.05) is 30.3 Å². The van der Waals surface area contributed by atoms with Gasteiger partial charge in [-0.15, -0.1) is 0 Å². The third kappa shape index (κ3) is 5.15. The van der Waals surface area contributed by atoms with Crippen molar-refractivity contribution in [2.24, 2.45) is 9.98 Å². The lowest BCUT2D eigenvalue weighted by Crippen LogP contribution is -2.33. The number of rotatable bonds is 5. The van der Waals surface area contributed by atoms with E-state index in [0.717, 1.165) is 62.9 Å². The molecule has 7 aromatic carbocycles. The second-order valence-electron chi connectivity index (χ2n) is 13.3. The van der Waals surface area contributed by atoms with Gasteiger partial charge in [0.1, 0.15) is 23.2 Å². The molecular formula is C47H33N3O. The highest BCUT2D eigenvalue weighted by atomic mass is 16.3. The standard InChI is InChI=1S/C47H33N3O/c1-3-12-30(13-4-1)31-22-24-33(25-23-31)46-48-45(32-14-5-2-6-15-32)49-47(50-46)39-20-11-21-43-44(39)41-29-35(26-27-42(41)51-43)40-28-34-16-7-8-17-36(34)37-18-9-10-19-38(37)40/h2-3,5-29,46H,1,4H2,(H,48,49,50). The summed E-state index contributed by atoms with van der Waals surface area (Å²) in [5.74, 6) is 1.47. The Labute approximate surface area is 295 Å². The zero-order valence-corrected chi connectivity index (χ0v) is 27.9. The molecule has 10 rings (SSSR count). The van der Waals surface area contributed by atoms with Crippen molar-refractivity contribution in [2.75, 3.05) is 0 Å². The van der Waals surface area contributed by atoms with Crippen molar-refractivity contribution in [1.82, 2.24) is 5.32 Å². The fraction of sp³-hybridized carbons (Fsp3) is 0.0638. The predicted octanol–water partition coefficient (Wildman–Crippen LogP) is 11.8. The Morgan fingerprint density at radius 1 is 0.569 bits per heavy atom. The first-order valence-corrected chi connectivity index (χ1v) is 17.6. The Hall–Kier alpha value is -6.52. The third-order valence-electron chi connectivity index (χ3n) is 10.2. The zero-order valence-electron chi connectivity index (χ0n) is 27.9. The van der Waals surface area contributed by atoms with E-state index in [1.54, 1.807) is 0 Å². The van der Waals surface area contributed by atoms with Crippen LogP contribution in [0, 0.1) is 0 Å². The summed E-state index contributed by atoms with van der Waals surface area (Å²) in [6.07, 6.45) is 8.65. The molecule has 4 heteroatoms. The van der Waals surface area contributed by atoms with Crippen LogP contribution in [-0.2, 0) is 0 Å². The van der Waals surface area contributed by atoms with Crippen molar-refractivity contribution in [3.05, 3.63) is 186 Å². The number of nitrogens with zero attached hydrogens (tertiary/aromatic N) is 2. The summed E-state index contributed by atoms with van der Waals surface area (Å²) >= 11 is 0. The lowest BCUT2D eigenvalue weighted by molar-refractivity contribution is 0.668. The van der Waals surface area contributed by atoms with E-state index in [-0.39, 0.29) is 6.17 Å². The summed E-state index contributed by atoms with van der Waals surface area (Å²) in [5.41, 5.74) is 9.52. The summed E-state index contributed by atoms with van der Waals surface area (Å²) in [7, 11) is 0. The molecule has 2 aliphatic rings. The third-order valence-corrected chi connectivity index (χ3v) is 10.2. The van der Waals surface area contributed by atoms with Gasteiger partial charge in [-0.3, -0.25) is 0 Å². The molecule has 1 aromatic heterocycles. The largest absolute Gasteiger partial charge is 0.456 e. The Morgan fingerprint density at radius 2 is 1.35 bits per heavy atom. The van der Waals surface area contributed by atoms with Crippen molar-refractivity contribution in [1.29, 1.82) is 0 Å². The number of aliphatic imine (C=N–C) groups is 2. The van der Waals surface area contributed by atoms with Crippen LogP contribution in [0.4, 0.5) is 0 Å². The Balaban J connectivity index is 1.13. The smallest absolute Gasteiger partial charge is 0.160 e. The Morgan fingerprint density at radius 3 is 2.20 bits per heavy atom. The van der Waals surface area contributed by atoms with E-state index in [9.17, 15) is 0 Å². The van der Waals surface area contributed by atoms with Crippen LogP contribution in [0.2, 0.25) is 0 Å². The van der Waals surface area contributed by atoms with Gasteiger partial charge in [-0.25, -0.2) is 9.98 Å². The SMILES string of the molecule is C1=CC(c2ccc(C3N=C(c4cccc5oc6ccc(-c7cc8ccccc8c8ccccc78)cc6c45)N=C(c4ccccc4)N3)cc2)=CCC1. The quantitative estimate of drug-likeness (QED) is 0.188. The number of furan rings is 1. The minimum atomic E-state index is -0.314. The number of fused-ring (bicyclic) bond motifs is 6. The molecule has 0 amide bonds. The number of nitrogens with one attached hydrogen (secondary N) is 1. The van der Waals surface area contributed by atoms with Crippen LogP contribution in [0.15, 0.2) is 178 Å². The van der Waals surface area contributed by atoms with Crippen LogP contribution in [-0.4, -0.2) is 11.7 Å². The van der Waals surface area contributed by atoms with E-state index >= 15 is 0 Å². The second kappa shape index (κ2) is 12.1. The van der Waals surface area contributed by atoms with Gasteiger partial charge in [0.25, 0.3) is 0 Å². The van der Waals surface area contributed by atoms with Gasteiger partial charge in [-0.2, -0.15) is 0 Å². The van der Waals surface area contributed by atoms with Gasteiger partial charge in [0.05, 0.1) is 0 Å². The molecule has 51 heavy (non-hydrogen) atoms. The number of benzene rings is 7. The molecular weight excluding hydrogens is 623 g/mol. The van der Waals surface area contributed by atoms with Crippen LogP contribution in [0.5, 0.6) is 0 Å². The minimum Gasteiger partial charge on any atom is -0.456 e. The highest BCUT2D eigenvalue weighted by Gasteiger charge is 2.24. The average Bonchev–Trinajstić information content (AvgIpc) is 3.59. The summed E-state index contributed by atoms with van der Waals surface area (Å²) in [6, 6.07) is 51.4. The molecule has 2 heterocycles. The maximum Gasteiger partial charge on any atom is 0.160 e. The van der Waals surface area contributed by atoms with E-state index in [0.29, 0.717) is 5.84 Å². The molecule has 0 saturated carbocycles. The molecule has 1 atom stereocenters. The first kappa shape index (κ1) is 29.4. The zero-order chi connectivity index (χ0) is 33.7. The summed E-state index contributed by atoms with van der Waals surface area (Å²) in [5, 5.41) is 10.7. The number of hydrogen-bond acceptors (Lipinski definition) is 4. The monoisotopic (exact) mass is 655 g/mol. The molecule has 0 spiro atoms. The highest BCUT2D eigenvalue weighted by Crippen LogP contribution is 2.39. The first-order chi connectivity index (χ1) is 25.3. The Bertz CT molecular complexity index is 2770. The first-order valence-electron chi connectivity index (χ1n) is 17.6. The van der Waals surface area contributed by atoms with Crippen LogP contribution >= 0.6 is 0 Å². The maximum absolute atomic E-state index is 6.50. The van der Waals surface area contributed by atoms with Crippen molar-refractivity contribution >= 4 is 60.7 Å². The minimum absolute atomic E-state index is 0.314. The molecule has 0 saturated heterocycles. The normalized spacial score (nSPS) is 15.9. The molecule has 242 valence electrons.